The van der Waals surface area contributed by atoms with E-state index in [4.69, 9.17) is 14.2 Å². The van der Waals surface area contributed by atoms with Crippen molar-refractivity contribution in [1.29, 1.82) is 0 Å². The van der Waals surface area contributed by atoms with E-state index in [9.17, 15) is 9.59 Å². The highest BCUT2D eigenvalue weighted by atomic mass is 16.7. The third-order valence-electron chi connectivity index (χ3n) is 5.56. The molecule has 1 aromatic carbocycles. The van der Waals surface area contributed by atoms with Crippen molar-refractivity contribution >= 4 is 11.8 Å². The molecule has 128 valence electrons. The van der Waals surface area contributed by atoms with E-state index in [-0.39, 0.29) is 24.9 Å². The number of carbonyl (C=O) groups is 2. The van der Waals surface area contributed by atoms with Crippen LogP contribution in [0, 0.1) is 5.92 Å². The molecule has 1 aliphatic heterocycles. The van der Waals surface area contributed by atoms with Gasteiger partial charge in [0.1, 0.15) is 0 Å². The van der Waals surface area contributed by atoms with Gasteiger partial charge in [0, 0.05) is 18.8 Å². The van der Waals surface area contributed by atoms with Gasteiger partial charge in [-0.3, -0.25) is 4.79 Å². The topological polar surface area (TPSA) is 61.8 Å². The van der Waals surface area contributed by atoms with Crippen molar-refractivity contribution in [3.63, 3.8) is 0 Å². The molecule has 5 rings (SSSR count). The van der Waals surface area contributed by atoms with Gasteiger partial charge in [-0.05, 0) is 36.3 Å². The Morgan fingerprint density at radius 3 is 2.62 bits per heavy atom. The van der Waals surface area contributed by atoms with E-state index >= 15 is 0 Å². The first kappa shape index (κ1) is 15.8. The van der Waals surface area contributed by atoms with Gasteiger partial charge in [0.15, 0.2) is 5.79 Å². The third-order valence-corrected chi connectivity index (χ3v) is 5.56. The second-order valence-electron chi connectivity index (χ2n) is 6.86. The number of carbonyl (C=O) groups excluding carboxylic acids is 2. The Balaban J connectivity index is 1.65. The first-order valence-electron chi connectivity index (χ1n) is 8.71. The van der Waals surface area contributed by atoms with E-state index in [0.717, 1.165) is 12.8 Å². The number of ketones is 1. The Labute approximate surface area is 141 Å². The van der Waals surface area contributed by atoms with Crippen LogP contribution >= 0.6 is 0 Å². The molecule has 5 heteroatoms. The summed E-state index contributed by atoms with van der Waals surface area (Å²) in [6.45, 7) is 3.10. The molecule has 1 saturated carbocycles. The van der Waals surface area contributed by atoms with Crippen LogP contribution in [0.25, 0.3) is 0 Å². The lowest BCUT2D eigenvalue weighted by molar-refractivity contribution is -0.213. The van der Waals surface area contributed by atoms with Crippen molar-refractivity contribution in [2.45, 2.75) is 43.8 Å². The molecule has 2 bridgehead atoms. The van der Waals surface area contributed by atoms with Crippen LogP contribution in [-0.2, 0) is 23.8 Å². The number of Topliss-reactive ketones (excluding diaryl/α,β-unsaturated/α-hetero) is 1. The number of hydrogen-bond acceptors (Lipinski definition) is 5. The number of hydrogen-bond donors (Lipinski definition) is 0. The van der Waals surface area contributed by atoms with E-state index in [2.05, 4.69) is 18.2 Å². The first-order chi connectivity index (χ1) is 11.6. The minimum Gasteiger partial charge on any atom is -0.460 e. The molecule has 5 nitrogen and oxygen atoms in total. The first-order valence-corrected chi connectivity index (χ1v) is 8.71. The number of fused-ring (bicyclic) bond motifs is 1. The zero-order valence-corrected chi connectivity index (χ0v) is 13.8. The van der Waals surface area contributed by atoms with Crippen LogP contribution in [0.15, 0.2) is 24.3 Å². The highest BCUT2D eigenvalue weighted by molar-refractivity contribution is 6.33. The van der Waals surface area contributed by atoms with Gasteiger partial charge in [0.25, 0.3) is 0 Å². The van der Waals surface area contributed by atoms with Crippen molar-refractivity contribution in [1.82, 2.24) is 0 Å². The van der Waals surface area contributed by atoms with Gasteiger partial charge in [0.2, 0.25) is 5.78 Å². The molecule has 4 aliphatic rings. The molecule has 2 fully saturated rings. The Morgan fingerprint density at radius 1 is 1.21 bits per heavy atom. The maximum absolute atomic E-state index is 12.2. The Morgan fingerprint density at radius 2 is 1.92 bits per heavy atom. The molecule has 1 unspecified atom stereocenters. The molecule has 3 aliphatic carbocycles. The van der Waals surface area contributed by atoms with E-state index < -0.39 is 17.5 Å². The van der Waals surface area contributed by atoms with Crippen LogP contribution in [0.2, 0.25) is 0 Å². The van der Waals surface area contributed by atoms with Crippen molar-refractivity contribution < 1.29 is 23.8 Å². The minimum absolute atomic E-state index is 0.000392. The van der Waals surface area contributed by atoms with E-state index in [0.29, 0.717) is 19.1 Å². The fourth-order valence-corrected chi connectivity index (χ4v) is 4.81. The average Bonchev–Trinajstić information content (AvgIpc) is 3.03. The molecule has 1 spiro atoms. The van der Waals surface area contributed by atoms with Crippen LogP contribution in [0.4, 0.5) is 0 Å². The number of ether oxygens (including phenoxy) is 3. The second-order valence-corrected chi connectivity index (χ2v) is 6.86. The molecule has 0 radical (unpaired) electrons. The molecule has 24 heavy (non-hydrogen) atoms. The van der Waals surface area contributed by atoms with Crippen LogP contribution in [0.1, 0.15) is 49.1 Å². The second kappa shape index (κ2) is 5.97. The van der Waals surface area contributed by atoms with E-state index in [1.807, 2.05) is 6.07 Å². The monoisotopic (exact) mass is 330 g/mol. The molecule has 1 aromatic rings. The molecule has 0 amide bonds. The molecule has 1 heterocycles. The number of benzene rings is 1. The lowest BCUT2D eigenvalue weighted by Gasteiger charge is -2.52. The quantitative estimate of drug-likeness (QED) is 0.627. The normalized spacial score (nSPS) is 29.5. The maximum Gasteiger partial charge on any atom is 0.374 e. The van der Waals surface area contributed by atoms with Crippen LogP contribution in [-0.4, -0.2) is 37.4 Å². The fourth-order valence-electron chi connectivity index (χ4n) is 4.81. The summed E-state index contributed by atoms with van der Waals surface area (Å²) in [4.78, 5) is 24.0. The van der Waals surface area contributed by atoms with Gasteiger partial charge in [-0.25, -0.2) is 4.79 Å². The molecule has 0 aromatic heterocycles. The van der Waals surface area contributed by atoms with Crippen LogP contribution in [0.5, 0.6) is 0 Å². The predicted molar refractivity (Wildman–Crippen MR) is 85.5 cm³/mol. The minimum atomic E-state index is -0.727. The summed E-state index contributed by atoms with van der Waals surface area (Å²) >= 11 is 0. The summed E-state index contributed by atoms with van der Waals surface area (Å²) in [5, 5.41) is 0. The summed E-state index contributed by atoms with van der Waals surface area (Å²) in [7, 11) is 0. The fraction of sp³-hybridized carbons (Fsp3) is 0.579. The van der Waals surface area contributed by atoms with Gasteiger partial charge < -0.3 is 14.2 Å². The summed E-state index contributed by atoms with van der Waals surface area (Å²) in [5.74, 6) is -1.44. The molecular weight excluding hydrogens is 308 g/mol. The Kier molecular flexibility index (Phi) is 3.93. The van der Waals surface area contributed by atoms with E-state index in [1.165, 1.54) is 11.1 Å². The number of rotatable bonds is 4. The standard InChI is InChI=1S/C19H22O5/c1-2-22-18(21)16(20)10-12-9-13-11-19(23-7-8-24-19)17(12)15-6-4-3-5-14(13)15/h3-6,12-13,17H,2,7-11H2,1H3/t12?,13-,17-/m1/s1. The summed E-state index contributed by atoms with van der Waals surface area (Å²) in [6, 6.07) is 8.35. The van der Waals surface area contributed by atoms with Gasteiger partial charge in [-0.1, -0.05) is 24.3 Å². The van der Waals surface area contributed by atoms with Crippen LogP contribution < -0.4 is 0 Å². The average molecular weight is 330 g/mol. The highest BCUT2D eigenvalue weighted by Crippen LogP contribution is 2.60. The largest absolute Gasteiger partial charge is 0.460 e. The number of esters is 1. The summed E-state index contributed by atoms with van der Waals surface area (Å²) in [6.07, 6.45) is 1.92. The summed E-state index contributed by atoms with van der Waals surface area (Å²) < 4.78 is 16.9. The predicted octanol–water partition coefficient (Wildman–Crippen LogP) is 2.54. The molecule has 3 atom stereocenters. The molecule has 0 N–H and O–H groups in total. The zero-order chi connectivity index (χ0) is 16.7. The van der Waals surface area contributed by atoms with Crippen molar-refractivity contribution in [2.24, 2.45) is 5.92 Å². The smallest absolute Gasteiger partial charge is 0.374 e. The van der Waals surface area contributed by atoms with Gasteiger partial charge in [-0.2, -0.15) is 0 Å². The maximum atomic E-state index is 12.2. The highest BCUT2D eigenvalue weighted by Gasteiger charge is 2.58. The Bertz CT molecular complexity index is 661. The van der Waals surface area contributed by atoms with Gasteiger partial charge >= 0.3 is 5.97 Å². The molecular formula is C19H22O5. The zero-order valence-electron chi connectivity index (χ0n) is 13.8. The SMILES string of the molecule is CCOC(=O)C(=O)CC1C[C@@H]2CC3(OCCO3)[C@H]1c1ccccc12. The van der Waals surface area contributed by atoms with Crippen molar-refractivity contribution in [3.8, 4) is 0 Å². The van der Waals surface area contributed by atoms with Gasteiger partial charge in [0.05, 0.1) is 19.8 Å². The van der Waals surface area contributed by atoms with Crippen LogP contribution in [0.3, 0.4) is 0 Å². The lowest BCUT2D eigenvalue weighted by Crippen LogP contribution is -2.51. The lowest BCUT2D eigenvalue weighted by atomic mass is 9.57. The third kappa shape index (κ3) is 2.38. The summed E-state index contributed by atoms with van der Waals surface area (Å²) in [5.41, 5.74) is 2.55. The molecule has 1 saturated heterocycles. The van der Waals surface area contributed by atoms with E-state index in [1.54, 1.807) is 6.92 Å². The van der Waals surface area contributed by atoms with Crippen molar-refractivity contribution in [3.05, 3.63) is 35.4 Å². The van der Waals surface area contributed by atoms with Crippen molar-refractivity contribution in [2.75, 3.05) is 19.8 Å². The Hall–Kier alpha value is -1.72. The van der Waals surface area contributed by atoms with Gasteiger partial charge in [-0.15, -0.1) is 0 Å².